The summed E-state index contributed by atoms with van der Waals surface area (Å²) < 4.78 is 5.49. The minimum Gasteiger partial charge on any atom is -0.484 e. The summed E-state index contributed by atoms with van der Waals surface area (Å²) >= 11 is 0. The molecule has 23 heavy (non-hydrogen) atoms. The number of amides is 2. The van der Waals surface area contributed by atoms with E-state index in [0.29, 0.717) is 11.8 Å². The second-order valence-corrected chi connectivity index (χ2v) is 6.27. The Morgan fingerprint density at radius 3 is 2.39 bits per heavy atom. The number of piperidine rings is 1. The van der Waals surface area contributed by atoms with Crippen molar-refractivity contribution >= 4 is 11.8 Å². The molecule has 3 rings (SSSR count). The fourth-order valence-corrected chi connectivity index (χ4v) is 3.19. The molecule has 1 aromatic rings. The van der Waals surface area contributed by atoms with Gasteiger partial charge in [-0.05, 0) is 38.1 Å². The Labute approximate surface area is 136 Å². The van der Waals surface area contributed by atoms with Crippen LogP contribution in [-0.4, -0.2) is 60.4 Å². The van der Waals surface area contributed by atoms with Crippen molar-refractivity contribution in [2.75, 3.05) is 32.8 Å². The number of carbonyl (C=O) groups excluding carboxylic acids is 2. The molecular weight excluding hydrogens is 294 g/mol. The molecule has 0 aromatic heterocycles. The molecule has 2 saturated heterocycles. The maximum Gasteiger partial charge on any atom is 0.260 e. The van der Waals surface area contributed by atoms with Crippen molar-refractivity contribution in [1.82, 2.24) is 9.80 Å². The maximum absolute atomic E-state index is 12.1. The molecule has 2 fully saturated rings. The van der Waals surface area contributed by atoms with Crippen LogP contribution in [-0.2, 0) is 9.59 Å². The molecule has 0 radical (unpaired) electrons. The van der Waals surface area contributed by atoms with Crippen molar-refractivity contribution in [2.45, 2.75) is 18.9 Å². The SMILES string of the molecule is NC(=O)C1CCN(C2CN(C(=O)COc3ccccc3)C2)CC1. The van der Waals surface area contributed by atoms with Gasteiger partial charge in [-0.2, -0.15) is 0 Å². The van der Waals surface area contributed by atoms with Gasteiger partial charge < -0.3 is 15.4 Å². The van der Waals surface area contributed by atoms with Crippen molar-refractivity contribution in [1.29, 1.82) is 0 Å². The molecule has 6 heteroatoms. The highest BCUT2D eigenvalue weighted by atomic mass is 16.5. The van der Waals surface area contributed by atoms with Crippen LogP contribution in [0.1, 0.15) is 12.8 Å². The highest BCUT2D eigenvalue weighted by molar-refractivity contribution is 5.78. The van der Waals surface area contributed by atoms with E-state index in [9.17, 15) is 9.59 Å². The van der Waals surface area contributed by atoms with Gasteiger partial charge in [0.15, 0.2) is 6.61 Å². The van der Waals surface area contributed by atoms with Crippen molar-refractivity contribution in [3.63, 3.8) is 0 Å². The van der Waals surface area contributed by atoms with Gasteiger partial charge in [0.05, 0.1) is 0 Å². The number of likely N-dealkylation sites (tertiary alicyclic amines) is 2. The van der Waals surface area contributed by atoms with E-state index < -0.39 is 0 Å². The summed E-state index contributed by atoms with van der Waals surface area (Å²) in [5.41, 5.74) is 5.35. The molecule has 0 saturated carbocycles. The van der Waals surface area contributed by atoms with E-state index in [0.717, 1.165) is 39.0 Å². The molecular formula is C17H23N3O3. The van der Waals surface area contributed by atoms with E-state index in [1.54, 1.807) is 0 Å². The van der Waals surface area contributed by atoms with E-state index in [1.807, 2.05) is 35.2 Å². The Balaban J connectivity index is 1.37. The molecule has 6 nitrogen and oxygen atoms in total. The third kappa shape index (κ3) is 3.82. The smallest absolute Gasteiger partial charge is 0.260 e. The Morgan fingerprint density at radius 2 is 1.78 bits per heavy atom. The molecule has 2 aliphatic heterocycles. The summed E-state index contributed by atoms with van der Waals surface area (Å²) in [6, 6.07) is 9.77. The Bertz CT molecular complexity index is 549. The summed E-state index contributed by atoms with van der Waals surface area (Å²) in [5, 5.41) is 0. The molecule has 124 valence electrons. The number of carbonyl (C=O) groups is 2. The average Bonchev–Trinajstić information content (AvgIpc) is 2.53. The van der Waals surface area contributed by atoms with Gasteiger partial charge in [-0.1, -0.05) is 18.2 Å². The van der Waals surface area contributed by atoms with Gasteiger partial charge >= 0.3 is 0 Å². The molecule has 2 aliphatic rings. The lowest BCUT2D eigenvalue weighted by Gasteiger charge is -2.47. The first-order chi connectivity index (χ1) is 11.1. The Hall–Kier alpha value is -2.08. The topological polar surface area (TPSA) is 75.9 Å². The molecule has 0 spiro atoms. The summed E-state index contributed by atoms with van der Waals surface area (Å²) in [6.07, 6.45) is 1.66. The van der Waals surface area contributed by atoms with Gasteiger partial charge in [0.1, 0.15) is 5.75 Å². The van der Waals surface area contributed by atoms with Gasteiger partial charge in [0, 0.05) is 25.0 Å². The predicted octanol–water partition coefficient (Wildman–Crippen LogP) is 0.474. The quantitative estimate of drug-likeness (QED) is 0.857. The minimum atomic E-state index is -0.187. The molecule has 0 bridgehead atoms. The zero-order valence-electron chi connectivity index (χ0n) is 13.2. The van der Waals surface area contributed by atoms with Crippen molar-refractivity contribution in [3.05, 3.63) is 30.3 Å². The number of primary amides is 1. The standard InChI is InChI=1S/C17H23N3O3/c18-17(22)13-6-8-19(9-7-13)14-10-20(11-14)16(21)12-23-15-4-2-1-3-5-15/h1-5,13-14H,6-12H2,(H2,18,22). The van der Waals surface area contributed by atoms with Gasteiger partial charge in [-0.3, -0.25) is 14.5 Å². The van der Waals surface area contributed by atoms with E-state index in [2.05, 4.69) is 4.90 Å². The first-order valence-corrected chi connectivity index (χ1v) is 8.12. The van der Waals surface area contributed by atoms with Gasteiger partial charge in [-0.25, -0.2) is 0 Å². The maximum atomic E-state index is 12.1. The van der Waals surface area contributed by atoms with E-state index >= 15 is 0 Å². The van der Waals surface area contributed by atoms with Crippen LogP contribution in [0.15, 0.2) is 30.3 Å². The first kappa shape index (κ1) is 15.8. The molecule has 0 atom stereocenters. The van der Waals surface area contributed by atoms with E-state index in [1.165, 1.54) is 0 Å². The predicted molar refractivity (Wildman–Crippen MR) is 85.8 cm³/mol. The van der Waals surface area contributed by atoms with Crippen LogP contribution in [0.4, 0.5) is 0 Å². The lowest BCUT2D eigenvalue weighted by molar-refractivity contribution is -0.141. The summed E-state index contributed by atoms with van der Waals surface area (Å²) in [5.74, 6) is 0.569. The second-order valence-electron chi connectivity index (χ2n) is 6.27. The average molecular weight is 317 g/mol. The molecule has 2 N–H and O–H groups in total. The van der Waals surface area contributed by atoms with Crippen molar-refractivity contribution in [2.24, 2.45) is 11.7 Å². The number of para-hydroxylation sites is 1. The normalized spacial score (nSPS) is 20.1. The van der Waals surface area contributed by atoms with Crippen LogP contribution in [0.3, 0.4) is 0 Å². The van der Waals surface area contributed by atoms with Crippen LogP contribution in [0.25, 0.3) is 0 Å². The molecule has 0 unspecified atom stereocenters. The van der Waals surface area contributed by atoms with Crippen molar-refractivity contribution in [3.8, 4) is 5.75 Å². The number of rotatable bonds is 5. The van der Waals surface area contributed by atoms with Crippen LogP contribution in [0.2, 0.25) is 0 Å². The van der Waals surface area contributed by atoms with Crippen LogP contribution in [0, 0.1) is 5.92 Å². The highest BCUT2D eigenvalue weighted by Crippen LogP contribution is 2.23. The number of benzene rings is 1. The molecule has 0 aliphatic carbocycles. The summed E-state index contributed by atoms with van der Waals surface area (Å²) in [4.78, 5) is 27.5. The molecule has 2 amide bonds. The largest absolute Gasteiger partial charge is 0.484 e. The Kier molecular flexibility index (Phi) is 4.81. The molecule has 2 heterocycles. The second kappa shape index (κ2) is 7.00. The summed E-state index contributed by atoms with van der Waals surface area (Å²) in [6.45, 7) is 3.36. The fourth-order valence-electron chi connectivity index (χ4n) is 3.19. The third-order valence-corrected chi connectivity index (χ3v) is 4.77. The lowest BCUT2D eigenvalue weighted by atomic mass is 9.94. The zero-order valence-corrected chi connectivity index (χ0v) is 13.2. The molecule has 1 aromatic carbocycles. The third-order valence-electron chi connectivity index (χ3n) is 4.77. The Morgan fingerprint density at radius 1 is 1.13 bits per heavy atom. The zero-order chi connectivity index (χ0) is 16.2. The fraction of sp³-hybridized carbons (Fsp3) is 0.529. The highest BCUT2D eigenvalue weighted by Gasteiger charge is 2.36. The number of hydrogen-bond acceptors (Lipinski definition) is 4. The van der Waals surface area contributed by atoms with Crippen LogP contribution < -0.4 is 10.5 Å². The first-order valence-electron chi connectivity index (χ1n) is 8.12. The van der Waals surface area contributed by atoms with E-state index in [-0.39, 0.29) is 24.3 Å². The summed E-state index contributed by atoms with van der Waals surface area (Å²) in [7, 11) is 0. The van der Waals surface area contributed by atoms with Crippen LogP contribution >= 0.6 is 0 Å². The van der Waals surface area contributed by atoms with Gasteiger partial charge in [-0.15, -0.1) is 0 Å². The van der Waals surface area contributed by atoms with Crippen molar-refractivity contribution < 1.29 is 14.3 Å². The number of nitrogens with zero attached hydrogens (tertiary/aromatic N) is 2. The van der Waals surface area contributed by atoms with Gasteiger partial charge in [0.2, 0.25) is 5.91 Å². The van der Waals surface area contributed by atoms with Crippen LogP contribution in [0.5, 0.6) is 5.75 Å². The number of nitrogens with two attached hydrogens (primary N) is 1. The number of hydrogen-bond donors (Lipinski definition) is 1. The monoisotopic (exact) mass is 317 g/mol. The van der Waals surface area contributed by atoms with E-state index in [4.69, 9.17) is 10.5 Å². The number of ether oxygens (including phenoxy) is 1. The lowest BCUT2D eigenvalue weighted by Crippen LogP contribution is -2.63. The van der Waals surface area contributed by atoms with Gasteiger partial charge in [0.25, 0.3) is 5.91 Å². The minimum absolute atomic E-state index is 0.0170.